The number of rotatable bonds is 10. The van der Waals surface area contributed by atoms with Gasteiger partial charge in [0.2, 0.25) is 0 Å². The predicted octanol–water partition coefficient (Wildman–Crippen LogP) is 7.38. The molecular formula is C28H38O4. The Bertz CT molecular complexity index is 752. The van der Waals surface area contributed by atoms with E-state index in [1.807, 2.05) is 36.4 Å². The number of carbonyl (C=O) groups excluding carboxylic acids is 2. The summed E-state index contributed by atoms with van der Waals surface area (Å²) in [5.74, 6) is -0.387. The fourth-order valence-corrected chi connectivity index (χ4v) is 3.68. The van der Waals surface area contributed by atoms with Gasteiger partial charge >= 0.3 is 11.9 Å². The smallest absolute Gasteiger partial charge is 0.338 e. The van der Waals surface area contributed by atoms with Gasteiger partial charge in [0.15, 0.2) is 0 Å². The molecule has 4 nitrogen and oxygen atoms in total. The summed E-state index contributed by atoms with van der Waals surface area (Å²) in [7, 11) is 0. The summed E-state index contributed by atoms with van der Waals surface area (Å²) in [5.41, 5.74) is 1.29. The molecule has 1 saturated carbocycles. The predicted molar refractivity (Wildman–Crippen MR) is 129 cm³/mol. The second-order valence-corrected chi connectivity index (χ2v) is 8.30. The maximum Gasteiger partial charge on any atom is 0.338 e. The summed E-state index contributed by atoms with van der Waals surface area (Å²) < 4.78 is 10.6. The molecule has 0 spiro atoms. The lowest BCUT2D eigenvalue weighted by atomic mass is 9.98. The molecule has 0 aliphatic heterocycles. The van der Waals surface area contributed by atoms with E-state index in [1.54, 1.807) is 24.3 Å². The Morgan fingerprint density at radius 1 is 0.719 bits per heavy atom. The topological polar surface area (TPSA) is 52.6 Å². The molecular weight excluding hydrogens is 400 g/mol. The third kappa shape index (κ3) is 10.6. The van der Waals surface area contributed by atoms with Crippen molar-refractivity contribution in [2.24, 2.45) is 0 Å². The lowest BCUT2D eigenvalue weighted by Crippen LogP contribution is -2.20. The van der Waals surface area contributed by atoms with Crippen LogP contribution in [-0.2, 0) is 9.47 Å². The normalized spacial score (nSPS) is 13.5. The number of unbranched alkanes of at least 4 members (excludes halogenated alkanes) is 5. The Morgan fingerprint density at radius 2 is 1.25 bits per heavy atom. The Hall–Kier alpha value is -2.62. The Morgan fingerprint density at radius 3 is 1.84 bits per heavy atom. The second-order valence-electron chi connectivity index (χ2n) is 8.30. The minimum absolute atomic E-state index is 0.145. The van der Waals surface area contributed by atoms with E-state index in [2.05, 4.69) is 6.92 Å². The van der Waals surface area contributed by atoms with Crippen LogP contribution in [0.1, 0.15) is 98.3 Å². The van der Waals surface area contributed by atoms with E-state index in [0.29, 0.717) is 17.7 Å². The van der Waals surface area contributed by atoms with E-state index < -0.39 is 0 Å². The van der Waals surface area contributed by atoms with Crippen LogP contribution in [0.15, 0.2) is 60.7 Å². The van der Waals surface area contributed by atoms with Crippen LogP contribution < -0.4 is 0 Å². The average Bonchev–Trinajstić information content (AvgIpc) is 2.85. The third-order valence-corrected chi connectivity index (χ3v) is 5.58. The monoisotopic (exact) mass is 438 g/mol. The molecule has 2 aromatic rings. The minimum atomic E-state index is -0.209. The lowest BCUT2D eigenvalue weighted by molar-refractivity contribution is 0.0211. The van der Waals surface area contributed by atoms with Gasteiger partial charge in [0.25, 0.3) is 0 Å². The van der Waals surface area contributed by atoms with Crippen LogP contribution >= 0.6 is 0 Å². The van der Waals surface area contributed by atoms with Crippen LogP contribution in [0.5, 0.6) is 0 Å². The molecule has 4 heteroatoms. The second kappa shape index (κ2) is 16.1. The van der Waals surface area contributed by atoms with E-state index in [0.717, 1.165) is 25.7 Å². The molecule has 0 bridgehead atoms. The summed E-state index contributed by atoms with van der Waals surface area (Å²) in [5, 5.41) is 0. The van der Waals surface area contributed by atoms with Crippen molar-refractivity contribution in [3.63, 3.8) is 0 Å². The van der Waals surface area contributed by atoms with E-state index >= 15 is 0 Å². The SMILES string of the molecule is CCCCCCCCOC(=O)c1ccccc1.O=C(OC1CCCCC1)c1ccccc1. The molecule has 1 aliphatic carbocycles. The van der Waals surface area contributed by atoms with Gasteiger partial charge in [0.1, 0.15) is 6.10 Å². The van der Waals surface area contributed by atoms with Crippen LogP contribution in [0.2, 0.25) is 0 Å². The number of esters is 2. The first-order valence-electron chi connectivity index (χ1n) is 12.2. The molecule has 0 amide bonds. The van der Waals surface area contributed by atoms with Gasteiger partial charge in [-0.15, -0.1) is 0 Å². The van der Waals surface area contributed by atoms with Crippen molar-refractivity contribution in [2.75, 3.05) is 6.61 Å². The summed E-state index contributed by atoms with van der Waals surface area (Å²) in [6.45, 7) is 2.75. The summed E-state index contributed by atoms with van der Waals surface area (Å²) in [6.07, 6.45) is 13.1. The van der Waals surface area contributed by atoms with E-state index in [9.17, 15) is 9.59 Å². The molecule has 3 rings (SSSR count). The minimum Gasteiger partial charge on any atom is -0.462 e. The molecule has 174 valence electrons. The zero-order valence-corrected chi connectivity index (χ0v) is 19.5. The van der Waals surface area contributed by atoms with Gasteiger partial charge in [-0.3, -0.25) is 0 Å². The number of ether oxygens (including phenoxy) is 2. The molecule has 1 fully saturated rings. The Labute approximate surface area is 193 Å². The van der Waals surface area contributed by atoms with Gasteiger partial charge < -0.3 is 9.47 Å². The molecule has 0 saturated heterocycles. The molecule has 32 heavy (non-hydrogen) atoms. The number of carbonyl (C=O) groups is 2. The van der Waals surface area contributed by atoms with E-state index in [1.165, 1.54) is 44.9 Å². The molecule has 0 unspecified atom stereocenters. The summed E-state index contributed by atoms with van der Waals surface area (Å²) in [4.78, 5) is 23.2. The molecule has 2 aromatic carbocycles. The lowest BCUT2D eigenvalue weighted by Gasteiger charge is -2.21. The van der Waals surface area contributed by atoms with Crippen LogP contribution in [0, 0.1) is 0 Å². The first-order chi connectivity index (χ1) is 15.7. The number of benzene rings is 2. The Kier molecular flexibility index (Phi) is 12.9. The van der Waals surface area contributed by atoms with Crippen molar-refractivity contribution < 1.29 is 19.1 Å². The zero-order valence-electron chi connectivity index (χ0n) is 19.5. The number of hydrogen-bond donors (Lipinski definition) is 0. The van der Waals surface area contributed by atoms with Crippen LogP contribution in [-0.4, -0.2) is 24.6 Å². The van der Waals surface area contributed by atoms with Crippen molar-refractivity contribution >= 4 is 11.9 Å². The van der Waals surface area contributed by atoms with Crippen molar-refractivity contribution in [3.8, 4) is 0 Å². The maximum absolute atomic E-state index is 11.7. The van der Waals surface area contributed by atoms with E-state index in [-0.39, 0.29) is 18.0 Å². The van der Waals surface area contributed by atoms with Crippen LogP contribution in [0.3, 0.4) is 0 Å². The molecule has 0 aromatic heterocycles. The first kappa shape index (κ1) is 25.6. The van der Waals surface area contributed by atoms with Gasteiger partial charge in [-0.2, -0.15) is 0 Å². The quantitative estimate of drug-likeness (QED) is 0.287. The van der Waals surface area contributed by atoms with Gasteiger partial charge in [0, 0.05) is 0 Å². The average molecular weight is 439 g/mol. The maximum atomic E-state index is 11.7. The van der Waals surface area contributed by atoms with Crippen molar-refractivity contribution in [3.05, 3.63) is 71.8 Å². The fourth-order valence-electron chi connectivity index (χ4n) is 3.68. The highest BCUT2D eigenvalue weighted by Crippen LogP contribution is 2.21. The molecule has 1 aliphatic rings. The summed E-state index contributed by atoms with van der Waals surface area (Å²) in [6, 6.07) is 18.4. The molecule has 0 atom stereocenters. The Balaban J connectivity index is 0.000000228. The van der Waals surface area contributed by atoms with Crippen LogP contribution in [0.4, 0.5) is 0 Å². The van der Waals surface area contributed by atoms with Gasteiger partial charge in [-0.05, 0) is 56.4 Å². The number of hydrogen-bond acceptors (Lipinski definition) is 4. The van der Waals surface area contributed by atoms with Crippen molar-refractivity contribution in [1.29, 1.82) is 0 Å². The van der Waals surface area contributed by atoms with Crippen molar-refractivity contribution in [2.45, 2.75) is 83.7 Å². The fraction of sp³-hybridized carbons (Fsp3) is 0.500. The third-order valence-electron chi connectivity index (χ3n) is 5.58. The molecule has 0 N–H and O–H groups in total. The standard InChI is InChI=1S/C15H22O2.C13H16O2/c1-2-3-4-5-6-10-13-17-15(16)14-11-8-7-9-12-14;14-13(11-7-3-1-4-8-11)15-12-9-5-2-6-10-12/h7-9,11-12H,2-6,10,13H2,1H3;1,3-4,7-8,12H,2,5-6,9-10H2. The highest BCUT2D eigenvalue weighted by Gasteiger charge is 2.18. The van der Waals surface area contributed by atoms with Gasteiger partial charge in [-0.1, -0.05) is 81.8 Å². The zero-order chi connectivity index (χ0) is 22.9. The van der Waals surface area contributed by atoms with Crippen LogP contribution in [0.25, 0.3) is 0 Å². The van der Waals surface area contributed by atoms with Crippen molar-refractivity contribution in [1.82, 2.24) is 0 Å². The highest BCUT2D eigenvalue weighted by molar-refractivity contribution is 5.89. The first-order valence-corrected chi connectivity index (χ1v) is 12.2. The molecule has 0 heterocycles. The molecule has 0 radical (unpaired) electrons. The summed E-state index contributed by atoms with van der Waals surface area (Å²) >= 11 is 0. The van der Waals surface area contributed by atoms with Gasteiger partial charge in [0.05, 0.1) is 17.7 Å². The van der Waals surface area contributed by atoms with E-state index in [4.69, 9.17) is 9.47 Å². The highest BCUT2D eigenvalue weighted by atomic mass is 16.5. The largest absolute Gasteiger partial charge is 0.462 e. The van der Waals surface area contributed by atoms with Gasteiger partial charge in [-0.25, -0.2) is 9.59 Å².